The zero-order valence-electron chi connectivity index (χ0n) is 19.1. The molecule has 1 heterocycles. The zero-order chi connectivity index (χ0) is 23.9. The third-order valence-corrected chi connectivity index (χ3v) is 5.60. The molecule has 2 N–H and O–H groups in total. The lowest BCUT2D eigenvalue weighted by Crippen LogP contribution is -2.31. The van der Waals surface area contributed by atoms with Crippen molar-refractivity contribution in [2.24, 2.45) is 0 Å². The number of carbonyl (C=O) groups is 1. The fourth-order valence-corrected chi connectivity index (χ4v) is 3.75. The Morgan fingerprint density at radius 1 is 0.794 bits per heavy atom. The van der Waals surface area contributed by atoms with Crippen LogP contribution in [-0.4, -0.2) is 31.7 Å². The average molecular weight is 455 g/mol. The molecule has 3 aromatic carbocycles. The number of hydrogen-bond acceptors (Lipinski definition) is 4. The average Bonchev–Trinajstić information content (AvgIpc) is 2.89. The lowest BCUT2D eigenvalue weighted by molar-refractivity contribution is 0.0952. The number of hydrogen-bond donors (Lipinski definition) is 2. The number of ether oxygens (including phenoxy) is 2. The van der Waals surface area contributed by atoms with Crippen LogP contribution in [0.4, 0.5) is 0 Å². The summed E-state index contributed by atoms with van der Waals surface area (Å²) in [5, 5.41) is 2.81. The Kier molecular flexibility index (Phi) is 7.08. The van der Waals surface area contributed by atoms with Gasteiger partial charge >= 0.3 is 0 Å². The number of benzene rings is 3. The first kappa shape index (κ1) is 22.9. The Hall–Kier alpha value is -4.32. The monoisotopic (exact) mass is 454 g/mol. The number of pyridine rings is 1. The second-order valence-electron chi connectivity index (χ2n) is 7.75. The third-order valence-electron chi connectivity index (χ3n) is 5.60. The molecule has 0 radical (unpaired) electrons. The highest BCUT2D eigenvalue weighted by Crippen LogP contribution is 2.27. The van der Waals surface area contributed by atoms with E-state index in [-0.39, 0.29) is 5.56 Å². The van der Waals surface area contributed by atoms with E-state index in [2.05, 4.69) is 22.4 Å². The van der Waals surface area contributed by atoms with E-state index in [1.165, 1.54) is 0 Å². The summed E-state index contributed by atoms with van der Waals surface area (Å²) in [5.74, 6) is 0.875. The summed E-state index contributed by atoms with van der Waals surface area (Å²) in [6, 6.07) is 26.9. The SMILES string of the molecule is COc1ccc(CCNC(=O)c2ccc(-c3ccc(-c4ccccc4)cc3)[nH]c2=O)cc1OC. The van der Waals surface area contributed by atoms with Gasteiger partial charge < -0.3 is 19.8 Å². The van der Waals surface area contributed by atoms with Gasteiger partial charge in [0.15, 0.2) is 11.5 Å². The van der Waals surface area contributed by atoms with Crippen molar-refractivity contribution < 1.29 is 14.3 Å². The van der Waals surface area contributed by atoms with Crippen LogP contribution in [0, 0.1) is 0 Å². The highest BCUT2D eigenvalue weighted by molar-refractivity contribution is 5.94. The molecule has 0 spiro atoms. The quantitative estimate of drug-likeness (QED) is 0.405. The number of methoxy groups -OCH3 is 2. The standard InChI is InChI=1S/C28H26N2O4/c1-33-25-15-8-19(18-26(25)34-2)16-17-29-27(31)23-13-14-24(30-28(23)32)22-11-9-21(10-12-22)20-6-4-3-5-7-20/h3-15,18H,16-17H2,1-2H3,(H,29,31)(H,30,32). The maximum atomic E-state index is 12.6. The molecule has 6 nitrogen and oxygen atoms in total. The van der Waals surface area contributed by atoms with E-state index in [4.69, 9.17) is 9.47 Å². The van der Waals surface area contributed by atoms with E-state index in [0.29, 0.717) is 30.2 Å². The van der Waals surface area contributed by atoms with Crippen LogP contribution in [0.1, 0.15) is 15.9 Å². The van der Waals surface area contributed by atoms with E-state index in [0.717, 1.165) is 22.3 Å². The van der Waals surface area contributed by atoms with Gasteiger partial charge in [-0.2, -0.15) is 0 Å². The molecule has 4 rings (SSSR count). The molecule has 0 aliphatic rings. The first-order chi connectivity index (χ1) is 16.6. The number of rotatable bonds is 8. The topological polar surface area (TPSA) is 80.4 Å². The van der Waals surface area contributed by atoms with Crippen LogP contribution in [0.15, 0.2) is 89.7 Å². The van der Waals surface area contributed by atoms with Crippen LogP contribution in [0.3, 0.4) is 0 Å². The lowest BCUT2D eigenvalue weighted by atomic mass is 10.0. The van der Waals surface area contributed by atoms with Crippen LogP contribution in [0.5, 0.6) is 11.5 Å². The normalized spacial score (nSPS) is 10.5. The molecule has 0 unspecified atom stereocenters. The lowest BCUT2D eigenvalue weighted by Gasteiger charge is -2.10. The number of H-pyrrole nitrogens is 1. The molecule has 1 amide bonds. The van der Waals surface area contributed by atoms with Gasteiger partial charge in [0.25, 0.3) is 11.5 Å². The van der Waals surface area contributed by atoms with Crippen LogP contribution < -0.4 is 20.3 Å². The molecule has 0 fully saturated rings. The van der Waals surface area contributed by atoms with E-state index < -0.39 is 11.5 Å². The van der Waals surface area contributed by atoms with Gasteiger partial charge in [0.05, 0.1) is 14.2 Å². The largest absolute Gasteiger partial charge is 0.493 e. The number of aromatic amines is 1. The van der Waals surface area contributed by atoms with Gasteiger partial charge in [-0.3, -0.25) is 9.59 Å². The van der Waals surface area contributed by atoms with Gasteiger partial charge in [0.2, 0.25) is 0 Å². The Bertz CT molecular complexity index is 1330. The fraction of sp³-hybridized carbons (Fsp3) is 0.143. The molecule has 172 valence electrons. The van der Waals surface area contributed by atoms with Gasteiger partial charge in [0, 0.05) is 12.2 Å². The number of nitrogens with one attached hydrogen (secondary N) is 2. The minimum absolute atomic E-state index is 0.0805. The van der Waals surface area contributed by atoms with Crippen molar-refractivity contribution in [1.82, 2.24) is 10.3 Å². The van der Waals surface area contributed by atoms with Gasteiger partial charge in [-0.05, 0) is 52.9 Å². The Morgan fingerprint density at radius 2 is 1.47 bits per heavy atom. The highest BCUT2D eigenvalue weighted by Gasteiger charge is 2.12. The molecule has 0 atom stereocenters. The molecule has 34 heavy (non-hydrogen) atoms. The van der Waals surface area contributed by atoms with E-state index >= 15 is 0 Å². The third kappa shape index (κ3) is 5.18. The van der Waals surface area contributed by atoms with Gasteiger partial charge in [-0.1, -0.05) is 60.7 Å². The maximum Gasteiger partial charge on any atom is 0.261 e. The van der Waals surface area contributed by atoms with E-state index in [1.54, 1.807) is 26.4 Å². The molecule has 0 bridgehead atoms. The van der Waals surface area contributed by atoms with Crippen molar-refractivity contribution in [2.45, 2.75) is 6.42 Å². The highest BCUT2D eigenvalue weighted by atomic mass is 16.5. The molecule has 1 aromatic heterocycles. The van der Waals surface area contributed by atoms with Gasteiger partial charge in [0.1, 0.15) is 5.56 Å². The second-order valence-corrected chi connectivity index (χ2v) is 7.75. The summed E-state index contributed by atoms with van der Waals surface area (Å²) in [5.41, 5.74) is 4.40. The van der Waals surface area contributed by atoms with Crippen molar-refractivity contribution in [1.29, 1.82) is 0 Å². The van der Waals surface area contributed by atoms with Gasteiger partial charge in [-0.15, -0.1) is 0 Å². The molecule has 0 aliphatic carbocycles. The second kappa shape index (κ2) is 10.5. The van der Waals surface area contributed by atoms with Gasteiger partial charge in [-0.25, -0.2) is 0 Å². The summed E-state index contributed by atoms with van der Waals surface area (Å²) < 4.78 is 10.5. The molecule has 0 saturated carbocycles. The van der Waals surface area contributed by atoms with Crippen LogP contribution in [0.25, 0.3) is 22.4 Å². The molecular weight excluding hydrogens is 428 g/mol. The minimum atomic E-state index is -0.423. The smallest absolute Gasteiger partial charge is 0.261 e. The van der Waals surface area contributed by atoms with Crippen molar-refractivity contribution in [3.8, 4) is 33.9 Å². The van der Waals surface area contributed by atoms with Crippen molar-refractivity contribution in [3.63, 3.8) is 0 Å². The summed E-state index contributed by atoms with van der Waals surface area (Å²) >= 11 is 0. The predicted octanol–water partition coefficient (Wildman–Crippen LogP) is 4.70. The molecule has 0 aliphatic heterocycles. The fourth-order valence-electron chi connectivity index (χ4n) is 3.75. The first-order valence-corrected chi connectivity index (χ1v) is 11.0. The maximum absolute atomic E-state index is 12.6. The minimum Gasteiger partial charge on any atom is -0.493 e. The summed E-state index contributed by atoms with van der Waals surface area (Å²) in [7, 11) is 3.16. The molecule has 6 heteroatoms. The number of aromatic nitrogens is 1. The Balaban J connectivity index is 1.40. The first-order valence-electron chi connectivity index (χ1n) is 11.0. The Labute approximate surface area is 198 Å². The van der Waals surface area contributed by atoms with Crippen molar-refractivity contribution in [3.05, 3.63) is 106 Å². The molecule has 4 aromatic rings. The number of amides is 1. The summed E-state index contributed by atoms with van der Waals surface area (Å²) in [6.07, 6.45) is 0.593. The zero-order valence-corrected chi connectivity index (χ0v) is 19.1. The van der Waals surface area contributed by atoms with Crippen molar-refractivity contribution in [2.75, 3.05) is 20.8 Å². The van der Waals surface area contributed by atoms with Crippen LogP contribution in [-0.2, 0) is 6.42 Å². The summed E-state index contributed by atoms with van der Waals surface area (Å²) in [4.78, 5) is 28.0. The predicted molar refractivity (Wildman–Crippen MR) is 134 cm³/mol. The molecular formula is C28H26N2O4. The van der Waals surface area contributed by atoms with E-state index in [9.17, 15) is 9.59 Å². The van der Waals surface area contributed by atoms with Crippen molar-refractivity contribution >= 4 is 5.91 Å². The Morgan fingerprint density at radius 3 is 2.15 bits per heavy atom. The van der Waals surface area contributed by atoms with E-state index in [1.807, 2.05) is 60.7 Å². The van der Waals surface area contributed by atoms with Crippen LogP contribution >= 0.6 is 0 Å². The summed E-state index contributed by atoms with van der Waals surface area (Å²) in [6.45, 7) is 0.385. The van der Waals surface area contributed by atoms with Crippen LogP contribution in [0.2, 0.25) is 0 Å². The molecule has 0 saturated heterocycles. The number of carbonyl (C=O) groups excluding carboxylic acids is 1.